The second-order valence-corrected chi connectivity index (χ2v) is 9.36. The molecule has 0 fully saturated rings. The molecule has 1 aliphatic rings. The van der Waals surface area contributed by atoms with E-state index in [1.807, 2.05) is 0 Å². The molecular weight excluding hydrogens is 520 g/mol. The molecule has 6 N–H and O–H groups in total. The molecule has 10 heteroatoms. The van der Waals surface area contributed by atoms with Gasteiger partial charge in [0, 0.05) is 35.4 Å². The van der Waals surface area contributed by atoms with Gasteiger partial charge >= 0.3 is 0 Å². The zero-order chi connectivity index (χ0) is 28.3. The largest absolute Gasteiger partial charge is 0.508 e. The SMILES string of the molecule is O=C1CC(c2ccc(O)cc2)Oc2cc(O)c(-c3cc(-c4cc(=O)c5c(O)cc(O)cc5o4)ccc3O)c(O)c21. The second kappa shape index (κ2) is 8.98. The van der Waals surface area contributed by atoms with Crippen LogP contribution in [0.3, 0.4) is 0 Å². The van der Waals surface area contributed by atoms with E-state index in [9.17, 15) is 40.2 Å². The third kappa shape index (κ3) is 3.99. The van der Waals surface area contributed by atoms with Crippen LogP contribution in [-0.2, 0) is 0 Å². The standard InChI is InChI=1S/C30H20O10/c31-15-4-1-13(2-5-15)23-11-22(37)29-26(39-23)12-20(35)27(30(29)38)17-7-14(3-6-18(17)33)24-10-21(36)28-19(34)8-16(32)9-25(28)40-24/h1-10,12,23,31-35,38H,11H2. The van der Waals surface area contributed by atoms with E-state index in [1.54, 1.807) is 12.1 Å². The first-order valence-electron chi connectivity index (χ1n) is 12.0. The molecule has 40 heavy (non-hydrogen) atoms. The Labute approximate surface area is 224 Å². The molecule has 4 aromatic carbocycles. The number of hydrogen-bond acceptors (Lipinski definition) is 10. The maximum Gasteiger partial charge on any atom is 0.197 e. The summed E-state index contributed by atoms with van der Waals surface area (Å²) in [6, 6.07) is 14.6. The third-order valence-corrected chi connectivity index (χ3v) is 6.77. The van der Waals surface area contributed by atoms with Gasteiger partial charge in [-0.15, -0.1) is 0 Å². The van der Waals surface area contributed by atoms with Crippen molar-refractivity contribution >= 4 is 16.8 Å². The molecule has 1 atom stereocenters. The van der Waals surface area contributed by atoms with Gasteiger partial charge in [-0.25, -0.2) is 0 Å². The Morgan fingerprint density at radius 2 is 1.45 bits per heavy atom. The summed E-state index contributed by atoms with van der Waals surface area (Å²) in [5, 5.41) is 61.9. The number of rotatable bonds is 3. The van der Waals surface area contributed by atoms with E-state index in [0.717, 1.165) is 12.1 Å². The summed E-state index contributed by atoms with van der Waals surface area (Å²) in [7, 11) is 0. The average molecular weight is 540 g/mol. The average Bonchev–Trinajstić information content (AvgIpc) is 2.89. The number of ether oxygens (including phenoxy) is 1. The van der Waals surface area contributed by atoms with Gasteiger partial charge in [0.1, 0.15) is 68.6 Å². The number of ketones is 1. The molecule has 0 saturated heterocycles. The Bertz CT molecular complexity index is 1900. The van der Waals surface area contributed by atoms with E-state index in [1.165, 1.54) is 42.5 Å². The zero-order valence-corrected chi connectivity index (χ0v) is 20.5. The van der Waals surface area contributed by atoms with Crippen LogP contribution >= 0.6 is 0 Å². The summed E-state index contributed by atoms with van der Waals surface area (Å²) in [6.45, 7) is 0. The minimum absolute atomic E-state index is 0.0110. The van der Waals surface area contributed by atoms with Gasteiger partial charge in [0.05, 0.1) is 12.0 Å². The van der Waals surface area contributed by atoms with Gasteiger partial charge in [0.25, 0.3) is 0 Å². The highest BCUT2D eigenvalue weighted by atomic mass is 16.5. The quantitative estimate of drug-likeness (QED) is 0.181. The molecule has 1 unspecified atom stereocenters. The molecule has 0 radical (unpaired) electrons. The van der Waals surface area contributed by atoms with Gasteiger partial charge in [-0.05, 0) is 35.9 Å². The van der Waals surface area contributed by atoms with Crippen LogP contribution in [0.5, 0.6) is 40.2 Å². The monoisotopic (exact) mass is 540 g/mol. The van der Waals surface area contributed by atoms with E-state index in [4.69, 9.17) is 9.15 Å². The first-order chi connectivity index (χ1) is 19.1. The fourth-order valence-corrected chi connectivity index (χ4v) is 4.89. The van der Waals surface area contributed by atoms with Gasteiger partial charge in [-0.3, -0.25) is 9.59 Å². The number of Topliss-reactive ketones (excluding diaryl/α,β-unsaturated/α-hetero) is 1. The van der Waals surface area contributed by atoms with Crippen LogP contribution in [0.4, 0.5) is 0 Å². The molecule has 0 amide bonds. The van der Waals surface area contributed by atoms with Crippen molar-refractivity contribution in [1.29, 1.82) is 0 Å². The van der Waals surface area contributed by atoms with Crippen molar-refractivity contribution in [1.82, 2.24) is 0 Å². The van der Waals surface area contributed by atoms with Crippen molar-refractivity contribution in [3.8, 4) is 62.7 Å². The molecule has 6 rings (SSSR count). The summed E-state index contributed by atoms with van der Waals surface area (Å²) in [5.41, 5.74) is -0.281. The zero-order valence-electron chi connectivity index (χ0n) is 20.5. The third-order valence-electron chi connectivity index (χ3n) is 6.77. The predicted molar refractivity (Wildman–Crippen MR) is 142 cm³/mol. The molecular formula is C30H20O10. The molecule has 10 nitrogen and oxygen atoms in total. The minimum Gasteiger partial charge on any atom is -0.508 e. The van der Waals surface area contributed by atoms with E-state index in [0.29, 0.717) is 5.56 Å². The fourth-order valence-electron chi connectivity index (χ4n) is 4.89. The number of hydrogen-bond donors (Lipinski definition) is 6. The van der Waals surface area contributed by atoms with Gasteiger partial charge in [-0.1, -0.05) is 12.1 Å². The topological polar surface area (TPSA) is 178 Å². The van der Waals surface area contributed by atoms with Gasteiger partial charge in [-0.2, -0.15) is 0 Å². The lowest BCUT2D eigenvalue weighted by Crippen LogP contribution is -2.20. The smallest absolute Gasteiger partial charge is 0.197 e. The Morgan fingerprint density at radius 3 is 2.20 bits per heavy atom. The molecule has 1 aromatic heterocycles. The molecule has 200 valence electrons. The van der Waals surface area contributed by atoms with Crippen molar-refractivity contribution in [2.24, 2.45) is 0 Å². The number of aromatic hydroxyl groups is 6. The summed E-state index contributed by atoms with van der Waals surface area (Å²) in [4.78, 5) is 25.8. The molecule has 0 saturated carbocycles. The number of phenolic OH excluding ortho intramolecular Hbond substituents is 6. The number of fused-ring (bicyclic) bond motifs is 2. The Kier molecular flexibility index (Phi) is 5.54. The minimum atomic E-state index is -0.711. The lowest BCUT2D eigenvalue weighted by atomic mass is 9.91. The van der Waals surface area contributed by atoms with Crippen LogP contribution in [0.1, 0.15) is 28.4 Å². The summed E-state index contributed by atoms with van der Waals surface area (Å²) in [6.07, 6.45) is -0.833. The normalized spacial score (nSPS) is 14.6. The van der Waals surface area contributed by atoms with Crippen molar-refractivity contribution in [3.63, 3.8) is 0 Å². The molecule has 0 spiro atoms. The molecule has 2 heterocycles. The van der Waals surface area contributed by atoms with Gasteiger partial charge in [0.2, 0.25) is 0 Å². The van der Waals surface area contributed by atoms with Gasteiger partial charge in [0.15, 0.2) is 11.2 Å². The maximum absolute atomic E-state index is 13.1. The van der Waals surface area contributed by atoms with Crippen LogP contribution < -0.4 is 10.2 Å². The highest BCUT2D eigenvalue weighted by Crippen LogP contribution is 2.50. The van der Waals surface area contributed by atoms with Crippen LogP contribution in [0.15, 0.2) is 75.9 Å². The summed E-state index contributed by atoms with van der Waals surface area (Å²) in [5.74, 6) is -2.67. The highest BCUT2D eigenvalue weighted by Gasteiger charge is 2.33. The molecule has 5 aromatic rings. The van der Waals surface area contributed by atoms with Crippen molar-refractivity contribution in [3.05, 3.63) is 88.1 Å². The van der Waals surface area contributed by atoms with Crippen LogP contribution in [-0.4, -0.2) is 36.4 Å². The number of carbonyl (C=O) groups excluding carboxylic acids is 1. The molecule has 0 bridgehead atoms. The second-order valence-electron chi connectivity index (χ2n) is 9.36. The Balaban J connectivity index is 1.45. The van der Waals surface area contributed by atoms with Crippen molar-refractivity contribution in [2.75, 3.05) is 0 Å². The van der Waals surface area contributed by atoms with Crippen LogP contribution in [0.2, 0.25) is 0 Å². The highest BCUT2D eigenvalue weighted by molar-refractivity contribution is 6.06. The summed E-state index contributed by atoms with van der Waals surface area (Å²) < 4.78 is 11.6. The fraction of sp³-hybridized carbons (Fsp3) is 0.0667. The number of benzene rings is 4. The number of phenols is 6. The van der Waals surface area contributed by atoms with Gasteiger partial charge < -0.3 is 39.8 Å². The van der Waals surface area contributed by atoms with Crippen LogP contribution in [0.25, 0.3) is 33.4 Å². The van der Waals surface area contributed by atoms with E-state index < -0.39 is 34.6 Å². The molecule has 0 aliphatic carbocycles. The maximum atomic E-state index is 13.1. The lowest BCUT2D eigenvalue weighted by molar-refractivity contribution is 0.0845. The van der Waals surface area contributed by atoms with Crippen molar-refractivity contribution < 1.29 is 44.6 Å². The summed E-state index contributed by atoms with van der Waals surface area (Å²) >= 11 is 0. The predicted octanol–water partition coefficient (Wildman–Crippen LogP) is 5.07. The van der Waals surface area contributed by atoms with Crippen LogP contribution in [0, 0.1) is 0 Å². The van der Waals surface area contributed by atoms with E-state index in [-0.39, 0.29) is 68.4 Å². The lowest BCUT2D eigenvalue weighted by Gasteiger charge is -2.27. The van der Waals surface area contributed by atoms with Crippen molar-refractivity contribution in [2.45, 2.75) is 12.5 Å². The number of carbonyl (C=O) groups is 1. The Morgan fingerprint density at radius 1 is 0.700 bits per heavy atom. The van der Waals surface area contributed by atoms with E-state index >= 15 is 0 Å². The Hall–Kier alpha value is -5.64. The molecule has 1 aliphatic heterocycles. The first kappa shape index (κ1) is 24.7. The first-order valence-corrected chi connectivity index (χ1v) is 12.0. The van der Waals surface area contributed by atoms with E-state index in [2.05, 4.69) is 0 Å².